The largest absolute Gasteiger partial charge is 0.443 e. The Balaban J connectivity index is 2.40. The van der Waals surface area contributed by atoms with Gasteiger partial charge in [0.05, 0.1) is 11.8 Å². The maximum absolute atomic E-state index is 11.4. The van der Waals surface area contributed by atoms with E-state index < -0.39 is 6.09 Å². The van der Waals surface area contributed by atoms with Crippen molar-refractivity contribution >= 4 is 6.09 Å². The van der Waals surface area contributed by atoms with Gasteiger partial charge in [0.15, 0.2) is 0 Å². The molecule has 0 atom stereocenters. The van der Waals surface area contributed by atoms with Crippen molar-refractivity contribution in [3.8, 4) is 0 Å². The molecule has 0 saturated heterocycles. The van der Waals surface area contributed by atoms with Gasteiger partial charge in [0.25, 0.3) is 0 Å². The van der Waals surface area contributed by atoms with Crippen LogP contribution in [-0.4, -0.2) is 31.2 Å². The number of hydrogen-bond acceptors (Lipinski definition) is 5. The molecule has 0 aliphatic carbocycles. The second kappa shape index (κ2) is 7.34. The molecule has 0 spiro atoms. The van der Waals surface area contributed by atoms with E-state index in [2.05, 4.69) is 10.6 Å². The van der Waals surface area contributed by atoms with Gasteiger partial charge < -0.3 is 10.1 Å². The third-order valence-corrected chi connectivity index (χ3v) is 2.09. The minimum Gasteiger partial charge on any atom is -0.443 e. The number of hydrogen-bond donors (Lipinski definition) is 1. The highest BCUT2D eigenvalue weighted by molar-refractivity contribution is 5.67. The summed E-state index contributed by atoms with van der Waals surface area (Å²) < 4.78 is 4.94. The fourth-order valence-electron chi connectivity index (χ4n) is 1.18. The summed E-state index contributed by atoms with van der Waals surface area (Å²) in [6.07, 6.45) is -0.737. The predicted molar refractivity (Wildman–Crippen MR) is 63.1 cm³/mol. The maximum atomic E-state index is 11.4. The highest BCUT2D eigenvalue weighted by atomic mass is 16.6. The quantitative estimate of drug-likeness (QED) is 0.601. The molecule has 1 rings (SSSR count). The predicted octanol–water partition coefficient (Wildman–Crippen LogP) is 1.53. The van der Waals surface area contributed by atoms with Gasteiger partial charge in [0.1, 0.15) is 6.61 Å². The van der Waals surface area contributed by atoms with Gasteiger partial charge in [-0.25, -0.2) is 4.79 Å². The molecule has 17 heavy (non-hydrogen) atoms. The van der Waals surface area contributed by atoms with E-state index in [-0.39, 0.29) is 13.2 Å². The van der Waals surface area contributed by atoms with E-state index in [1.165, 1.54) is 0 Å². The molecule has 1 amide bonds. The van der Waals surface area contributed by atoms with Crippen LogP contribution in [0.2, 0.25) is 0 Å². The molecule has 0 saturated carbocycles. The molecule has 0 fully saturated rings. The van der Waals surface area contributed by atoms with Crippen LogP contribution in [-0.2, 0) is 11.3 Å². The molecule has 6 nitrogen and oxygen atoms in total. The molecule has 1 aromatic carbocycles. The molecule has 0 radical (unpaired) electrons. The van der Waals surface area contributed by atoms with E-state index in [1.54, 1.807) is 7.05 Å². The summed E-state index contributed by atoms with van der Waals surface area (Å²) in [5.41, 5.74) is 0.861. The lowest BCUT2D eigenvalue weighted by Crippen LogP contribution is -2.32. The number of carbonyl (C=O) groups is 1. The maximum Gasteiger partial charge on any atom is 0.433 e. The molecule has 0 unspecified atom stereocenters. The van der Waals surface area contributed by atoms with Crippen molar-refractivity contribution in [1.29, 1.82) is 0 Å². The van der Waals surface area contributed by atoms with E-state index in [9.17, 15) is 9.70 Å². The second-order valence-electron chi connectivity index (χ2n) is 3.35. The van der Waals surface area contributed by atoms with E-state index in [4.69, 9.17) is 4.74 Å². The van der Waals surface area contributed by atoms with Crippen LogP contribution in [0.5, 0.6) is 0 Å². The van der Waals surface area contributed by atoms with Crippen LogP contribution in [0.1, 0.15) is 5.56 Å². The summed E-state index contributed by atoms with van der Waals surface area (Å²) >= 11 is 0. The van der Waals surface area contributed by atoms with Crippen LogP contribution in [0.3, 0.4) is 0 Å². The van der Waals surface area contributed by atoms with Crippen molar-refractivity contribution in [2.24, 2.45) is 5.29 Å². The molecule has 0 aliphatic heterocycles. The summed E-state index contributed by atoms with van der Waals surface area (Å²) in [6, 6.07) is 9.23. The van der Waals surface area contributed by atoms with E-state index >= 15 is 0 Å². The molecule has 0 bridgehead atoms. The molecule has 92 valence electrons. The molecule has 6 heteroatoms. The fourth-order valence-corrected chi connectivity index (χ4v) is 1.18. The Hall–Kier alpha value is -1.95. The second-order valence-corrected chi connectivity index (χ2v) is 3.35. The van der Waals surface area contributed by atoms with Gasteiger partial charge >= 0.3 is 6.09 Å². The molecule has 1 N–H and O–H groups in total. The average Bonchev–Trinajstić information content (AvgIpc) is 2.38. The zero-order chi connectivity index (χ0) is 12.5. The average molecular weight is 237 g/mol. The Morgan fingerprint density at radius 3 is 2.71 bits per heavy atom. The van der Waals surface area contributed by atoms with E-state index in [0.717, 1.165) is 10.6 Å². The number of nitrogens with zero attached hydrogens (tertiary/aromatic N) is 2. The number of benzene rings is 1. The Morgan fingerprint density at radius 2 is 2.12 bits per heavy atom. The number of ether oxygens (including phenoxy) is 1. The highest BCUT2D eigenvalue weighted by Crippen LogP contribution is 2.03. The van der Waals surface area contributed by atoms with Crippen LogP contribution >= 0.6 is 0 Å². The summed E-state index contributed by atoms with van der Waals surface area (Å²) in [4.78, 5) is 21.8. The molecule has 1 aromatic rings. The van der Waals surface area contributed by atoms with Gasteiger partial charge in [0, 0.05) is 6.54 Å². The van der Waals surface area contributed by atoms with Crippen molar-refractivity contribution < 1.29 is 9.53 Å². The third kappa shape index (κ3) is 4.60. The lowest BCUT2D eigenvalue weighted by atomic mass is 10.2. The summed E-state index contributed by atoms with van der Waals surface area (Å²) in [5, 5.41) is 6.17. The van der Waals surface area contributed by atoms with Crippen LogP contribution in [0.15, 0.2) is 35.6 Å². The minimum atomic E-state index is -0.737. The zero-order valence-electron chi connectivity index (χ0n) is 9.63. The number of nitroso groups, excluding NO2 is 1. The number of rotatable bonds is 6. The van der Waals surface area contributed by atoms with Gasteiger partial charge in [-0.15, -0.1) is 4.91 Å². The van der Waals surface area contributed by atoms with Gasteiger partial charge in [-0.05, 0) is 12.6 Å². The Kier molecular flexibility index (Phi) is 5.67. The standard InChI is InChI=1S/C11H15N3O3/c1-12-7-8-14(13-16)11(15)17-9-10-5-3-2-4-6-10/h2-6,12H,7-9H2,1H3. The SMILES string of the molecule is CNCCN(N=O)C(=O)OCc1ccccc1. The lowest BCUT2D eigenvalue weighted by Gasteiger charge is -2.13. The number of likely N-dealkylation sites (N-methyl/N-ethyl adjacent to an activating group) is 1. The summed E-state index contributed by atoms with van der Waals surface area (Å²) in [7, 11) is 1.72. The molecule has 0 aliphatic rings. The van der Waals surface area contributed by atoms with Gasteiger partial charge in [-0.2, -0.15) is 5.01 Å². The van der Waals surface area contributed by atoms with Crippen molar-refractivity contribution in [2.75, 3.05) is 20.1 Å². The van der Waals surface area contributed by atoms with Gasteiger partial charge in [-0.3, -0.25) is 0 Å². The Bertz CT molecular complexity index is 356. The van der Waals surface area contributed by atoms with Crippen LogP contribution in [0.25, 0.3) is 0 Å². The van der Waals surface area contributed by atoms with Gasteiger partial charge in [-0.1, -0.05) is 30.3 Å². The van der Waals surface area contributed by atoms with E-state index in [0.29, 0.717) is 6.54 Å². The molecule has 0 heterocycles. The number of amides is 1. The van der Waals surface area contributed by atoms with Crippen molar-refractivity contribution in [3.63, 3.8) is 0 Å². The molecular weight excluding hydrogens is 222 g/mol. The smallest absolute Gasteiger partial charge is 0.433 e. The van der Waals surface area contributed by atoms with Crippen LogP contribution in [0.4, 0.5) is 4.79 Å². The first-order valence-corrected chi connectivity index (χ1v) is 5.24. The van der Waals surface area contributed by atoms with Crippen LogP contribution in [0, 0.1) is 4.91 Å². The lowest BCUT2D eigenvalue weighted by molar-refractivity contribution is 0.0971. The van der Waals surface area contributed by atoms with Crippen molar-refractivity contribution in [1.82, 2.24) is 10.3 Å². The van der Waals surface area contributed by atoms with E-state index in [1.807, 2.05) is 30.3 Å². The first-order valence-electron chi connectivity index (χ1n) is 5.24. The first-order chi connectivity index (χ1) is 8.27. The van der Waals surface area contributed by atoms with Crippen LogP contribution < -0.4 is 5.32 Å². The molecule has 0 aromatic heterocycles. The number of nitrogens with one attached hydrogen (secondary N) is 1. The minimum absolute atomic E-state index is 0.130. The topological polar surface area (TPSA) is 71.0 Å². The normalized spacial score (nSPS) is 9.71. The summed E-state index contributed by atoms with van der Waals surface area (Å²) in [5.74, 6) is 0. The van der Waals surface area contributed by atoms with Crippen molar-refractivity contribution in [2.45, 2.75) is 6.61 Å². The van der Waals surface area contributed by atoms with Crippen molar-refractivity contribution in [3.05, 3.63) is 40.8 Å². The third-order valence-electron chi connectivity index (χ3n) is 2.09. The first kappa shape index (κ1) is 13.1. The fraction of sp³-hybridized carbons (Fsp3) is 0.364. The van der Waals surface area contributed by atoms with Gasteiger partial charge in [0.2, 0.25) is 0 Å². The highest BCUT2D eigenvalue weighted by Gasteiger charge is 2.14. The molecular formula is C11H15N3O3. The Labute approximate surface area is 99.5 Å². The summed E-state index contributed by atoms with van der Waals surface area (Å²) in [6.45, 7) is 0.797. The Morgan fingerprint density at radius 1 is 1.41 bits per heavy atom. The zero-order valence-corrected chi connectivity index (χ0v) is 9.63. The number of carbonyl (C=O) groups excluding carboxylic acids is 1. The monoisotopic (exact) mass is 237 g/mol.